The zero-order valence-corrected chi connectivity index (χ0v) is 10.6. The van der Waals surface area contributed by atoms with Gasteiger partial charge in [0.2, 0.25) is 0 Å². The zero-order chi connectivity index (χ0) is 13.0. The fourth-order valence-electron chi connectivity index (χ4n) is 2.33. The molecule has 1 unspecified atom stereocenters. The lowest BCUT2D eigenvalue weighted by Gasteiger charge is -2.30. The van der Waals surface area contributed by atoms with E-state index in [1.807, 2.05) is 0 Å². The number of piperidine rings is 1. The van der Waals surface area contributed by atoms with Gasteiger partial charge in [0.1, 0.15) is 5.82 Å². The maximum absolute atomic E-state index is 12.8. The number of halogens is 1. The van der Waals surface area contributed by atoms with Crippen molar-refractivity contribution in [2.45, 2.75) is 31.4 Å². The summed E-state index contributed by atoms with van der Waals surface area (Å²) in [6.45, 7) is 2.89. The van der Waals surface area contributed by atoms with Crippen molar-refractivity contribution < 1.29 is 9.50 Å². The highest BCUT2D eigenvalue weighted by atomic mass is 19.1. The minimum absolute atomic E-state index is 0.268. The van der Waals surface area contributed by atoms with Crippen LogP contribution < -0.4 is 5.73 Å². The maximum atomic E-state index is 12.8. The Morgan fingerprint density at radius 3 is 2.50 bits per heavy atom. The van der Waals surface area contributed by atoms with Crippen LogP contribution in [0.4, 0.5) is 4.39 Å². The van der Waals surface area contributed by atoms with Gasteiger partial charge < -0.3 is 15.7 Å². The fourth-order valence-corrected chi connectivity index (χ4v) is 2.33. The molecule has 1 aromatic carbocycles. The highest BCUT2D eigenvalue weighted by Crippen LogP contribution is 2.18. The van der Waals surface area contributed by atoms with E-state index >= 15 is 0 Å². The van der Waals surface area contributed by atoms with Crippen LogP contribution in [0.2, 0.25) is 0 Å². The Labute approximate surface area is 107 Å². The monoisotopic (exact) mass is 252 g/mol. The van der Waals surface area contributed by atoms with Gasteiger partial charge in [-0.05, 0) is 50.0 Å². The molecule has 3 N–H and O–H groups in total. The molecule has 1 fully saturated rings. The van der Waals surface area contributed by atoms with E-state index in [-0.39, 0.29) is 5.82 Å². The molecule has 1 heterocycles. The first kappa shape index (κ1) is 13.5. The molecule has 0 spiro atoms. The predicted octanol–water partition coefficient (Wildman–Crippen LogP) is 1.67. The molecule has 1 aromatic rings. The zero-order valence-electron chi connectivity index (χ0n) is 10.6. The van der Waals surface area contributed by atoms with Gasteiger partial charge in [-0.25, -0.2) is 4.39 Å². The fraction of sp³-hybridized carbons (Fsp3) is 0.571. The average Bonchev–Trinajstić information content (AvgIpc) is 2.38. The molecule has 1 aliphatic rings. The Kier molecular flexibility index (Phi) is 4.69. The molecule has 1 aliphatic heterocycles. The maximum Gasteiger partial charge on any atom is 0.123 e. The van der Waals surface area contributed by atoms with E-state index in [1.54, 1.807) is 12.1 Å². The molecule has 0 aromatic heterocycles. The summed E-state index contributed by atoms with van der Waals surface area (Å²) < 4.78 is 12.8. The summed E-state index contributed by atoms with van der Waals surface area (Å²) in [5.74, 6) is -0.268. The second-order valence-electron chi connectivity index (χ2n) is 5.04. The van der Waals surface area contributed by atoms with E-state index in [4.69, 9.17) is 5.73 Å². The van der Waals surface area contributed by atoms with Crippen molar-refractivity contribution in [3.05, 3.63) is 35.6 Å². The van der Waals surface area contributed by atoms with Gasteiger partial charge in [0, 0.05) is 12.6 Å². The number of nitrogens with zero attached hydrogens (tertiary/aromatic N) is 1. The van der Waals surface area contributed by atoms with Gasteiger partial charge in [-0.1, -0.05) is 12.1 Å². The third-order valence-electron chi connectivity index (χ3n) is 3.61. The highest BCUT2D eigenvalue weighted by molar-refractivity contribution is 5.18. The van der Waals surface area contributed by atoms with Gasteiger partial charge in [-0.3, -0.25) is 0 Å². The second kappa shape index (κ2) is 6.27. The van der Waals surface area contributed by atoms with Crippen LogP contribution in [-0.2, 0) is 0 Å². The molecule has 0 saturated carbocycles. The van der Waals surface area contributed by atoms with Gasteiger partial charge in [0.25, 0.3) is 0 Å². The minimum atomic E-state index is -0.513. The Hall–Kier alpha value is -0.970. The quantitative estimate of drug-likeness (QED) is 0.857. The molecule has 2 rings (SSSR count). The molecule has 100 valence electrons. The van der Waals surface area contributed by atoms with Crippen molar-refractivity contribution in [1.29, 1.82) is 0 Å². The summed E-state index contributed by atoms with van der Waals surface area (Å²) in [5.41, 5.74) is 6.63. The molecule has 3 nitrogen and oxygen atoms in total. The van der Waals surface area contributed by atoms with E-state index in [9.17, 15) is 9.50 Å². The van der Waals surface area contributed by atoms with Crippen molar-refractivity contribution in [2.75, 3.05) is 19.6 Å². The molecule has 0 aliphatic carbocycles. The minimum Gasteiger partial charge on any atom is -0.388 e. The van der Waals surface area contributed by atoms with Crippen LogP contribution in [0, 0.1) is 5.82 Å². The van der Waals surface area contributed by atoms with Gasteiger partial charge in [0.05, 0.1) is 6.10 Å². The van der Waals surface area contributed by atoms with E-state index in [0.29, 0.717) is 12.5 Å². The molecular weight excluding hydrogens is 231 g/mol. The Morgan fingerprint density at radius 1 is 1.28 bits per heavy atom. The number of hydrogen-bond donors (Lipinski definition) is 2. The third-order valence-corrected chi connectivity index (χ3v) is 3.61. The lowest BCUT2D eigenvalue weighted by molar-refractivity contribution is 0.131. The molecule has 0 amide bonds. The molecule has 1 atom stereocenters. The second-order valence-corrected chi connectivity index (χ2v) is 5.04. The Bertz CT molecular complexity index is 361. The van der Waals surface area contributed by atoms with Crippen LogP contribution in [-0.4, -0.2) is 35.7 Å². The van der Waals surface area contributed by atoms with Gasteiger partial charge in [-0.15, -0.1) is 0 Å². The van der Waals surface area contributed by atoms with Gasteiger partial charge in [0.15, 0.2) is 0 Å². The Morgan fingerprint density at radius 2 is 1.89 bits per heavy atom. The molecule has 0 bridgehead atoms. The van der Waals surface area contributed by atoms with Crippen molar-refractivity contribution in [3.63, 3.8) is 0 Å². The van der Waals surface area contributed by atoms with Crippen LogP contribution in [0.5, 0.6) is 0 Å². The third kappa shape index (κ3) is 3.77. The summed E-state index contributed by atoms with van der Waals surface area (Å²) in [4.78, 5) is 2.33. The Balaban J connectivity index is 1.77. The van der Waals surface area contributed by atoms with E-state index in [1.165, 1.54) is 12.1 Å². The summed E-state index contributed by atoms with van der Waals surface area (Å²) >= 11 is 0. The first-order valence-electron chi connectivity index (χ1n) is 6.56. The average molecular weight is 252 g/mol. The van der Waals surface area contributed by atoms with E-state index in [0.717, 1.165) is 38.0 Å². The summed E-state index contributed by atoms with van der Waals surface area (Å²) in [5, 5.41) is 10.0. The van der Waals surface area contributed by atoms with E-state index < -0.39 is 6.10 Å². The number of aliphatic hydroxyl groups is 1. The van der Waals surface area contributed by atoms with Crippen molar-refractivity contribution in [3.8, 4) is 0 Å². The van der Waals surface area contributed by atoms with Crippen LogP contribution >= 0.6 is 0 Å². The summed E-state index contributed by atoms with van der Waals surface area (Å²) in [6, 6.07) is 6.40. The van der Waals surface area contributed by atoms with Gasteiger partial charge in [-0.2, -0.15) is 0 Å². The topological polar surface area (TPSA) is 49.5 Å². The van der Waals surface area contributed by atoms with Crippen LogP contribution in [0.3, 0.4) is 0 Å². The summed E-state index contributed by atoms with van der Waals surface area (Å²) in [6.07, 6.45) is 2.24. The standard InChI is InChI=1S/C14H21FN2O/c15-12-3-1-11(2-4-12)14(18)7-10-17-8-5-13(16)6-9-17/h1-4,13-14,18H,5-10,16H2. The largest absolute Gasteiger partial charge is 0.388 e. The normalized spacial score (nSPS) is 19.9. The number of benzene rings is 1. The number of nitrogens with two attached hydrogens (primary N) is 1. The van der Waals surface area contributed by atoms with Crippen molar-refractivity contribution >= 4 is 0 Å². The lowest BCUT2D eigenvalue weighted by Crippen LogP contribution is -2.40. The van der Waals surface area contributed by atoms with Crippen molar-refractivity contribution in [2.24, 2.45) is 5.73 Å². The first-order valence-corrected chi connectivity index (χ1v) is 6.56. The first-order chi connectivity index (χ1) is 8.65. The smallest absolute Gasteiger partial charge is 0.123 e. The van der Waals surface area contributed by atoms with Crippen LogP contribution in [0.15, 0.2) is 24.3 Å². The van der Waals surface area contributed by atoms with E-state index in [2.05, 4.69) is 4.90 Å². The molecular formula is C14H21FN2O. The number of aliphatic hydroxyl groups excluding tert-OH is 1. The number of rotatable bonds is 4. The van der Waals surface area contributed by atoms with Crippen molar-refractivity contribution in [1.82, 2.24) is 4.90 Å². The molecule has 4 heteroatoms. The highest BCUT2D eigenvalue weighted by Gasteiger charge is 2.17. The molecule has 0 radical (unpaired) electrons. The molecule has 1 saturated heterocycles. The SMILES string of the molecule is NC1CCN(CCC(O)c2ccc(F)cc2)CC1. The van der Waals surface area contributed by atoms with Crippen LogP contribution in [0.1, 0.15) is 30.9 Å². The predicted molar refractivity (Wildman–Crippen MR) is 69.6 cm³/mol. The van der Waals surface area contributed by atoms with Crippen LogP contribution in [0.25, 0.3) is 0 Å². The summed E-state index contributed by atoms with van der Waals surface area (Å²) in [7, 11) is 0. The number of hydrogen-bond acceptors (Lipinski definition) is 3. The lowest BCUT2D eigenvalue weighted by atomic mass is 10.0. The van der Waals surface area contributed by atoms with Gasteiger partial charge >= 0.3 is 0 Å². The number of likely N-dealkylation sites (tertiary alicyclic amines) is 1. The molecule has 18 heavy (non-hydrogen) atoms.